The fourth-order valence-corrected chi connectivity index (χ4v) is 4.19. The molecule has 0 unspecified atom stereocenters. The van der Waals surface area contributed by atoms with Crippen molar-refractivity contribution in [3.8, 4) is 5.75 Å². The van der Waals surface area contributed by atoms with Crippen molar-refractivity contribution < 1.29 is 14.3 Å². The fraction of sp³-hybridized carbons (Fsp3) is 0.190. The van der Waals surface area contributed by atoms with Gasteiger partial charge in [0.15, 0.2) is 5.13 Å². The lowest BCUT2D eigenvalue weighted by molar-refractivity contribution is 0.0797. The zero-order chi connectivity index (χ0) is 22.7. The van der Waals surface area contributed by atoms with E-state index < -0.39 is 5.91 Å². The van der Waals surface area contributed by atoms with Gasteiger partial charge < -0.3 is 9.64 Å². The van der Waals surface area contributed by atoms with Crippen LogP contribution in [0.1, 0.15) is 27.8 Å². The lowest BCUT2D eigenvalue weighted by Gasteiger charge is -2.21. The number of carbonyl (C=O) groups excluding carboxylic acids is 2. The largest absolute Gasteiger partial charge is 0.495 e. The van der Waals surface area contributed by atoms with E-state index in [-0.39, 0.29) is 22.2 Å². The number of hydrogen-bond acceptors (Lipinski definition) is 5. The number of benzene rings is 2. The Morgan fingerprint density at radius 2 is 1.81 bits per heavy atom. The van der Waals surface area contributed by atoms with E-state index in [9.17, 15) is 9.59 Å². The molecule has 1 heterocycles. The Hall–Kier alpha value is -2.32. The van der Waals surface area contributed by atoms with E-state index in [1.54, 1.807) is 36.7 Å². The molecule has 162 valence electrons. The number of aromatic nitrogens is 1. The Morgan fingerprint density at radius 3 is 2.45 bits per heavy atom. The first kappa shape index (κ1) is 23.3. The van der Waals surface area contributed by atoms with Crippen molar-refractivity contribution in [2.45, 2.75) is 6.92 Å². The molecule has 0 saturated carbocycles. The van der Waals surface area contributed by atoms with Crippen molar-refractivity contribution in [1.82, 2.24) is 9.88 Å². The molecule has 0 aliphatic rings. The molecule has 0 aliphatic heterocycles. The number of hydrogen-bond donors (Lipinski definition) is 0. The van der Waals surface area contributed by atoms with Gasteiger partial charge in [0, 0.05) is 30.1 Å². The number of halogens is 3. The maximum absolute atomic E-state index is 13.5. The molecule has 0 bridgehead atoms. The summed E-state index contributed by atoms with van der Waals surface area (Å²) in [4.78, 5) is 33.4. The summed E-state index contributed by atoms with van der Waals surface area (Å²) in [5.41, 5.74) is 0.925. The van der Waals surface area contributed by atoms with Gasteiger partial charge in [0.1, 0.15) is 11.4 Å². The molecule has 31 heavy (non-hydrogen) atoms. The van der Waals surface area contributed by atoms with E-state index in [4.69, 9.17) is 39.5 Å². The van der Waals surface area contributed by atoms with Gasteiger partial charge in [-0.25, -0.2) is 4.98 Å². The van der Waals surface area contributed by atoms with E-state index in [1.807, 2.05) is 6.92 Å². The summed E-state index contributed by atoms with van der Waals surface area (Å²) in [5, 5.41) is 2.91. The standard InChI is InChI=1S/C21H18Cl3N3O3S/c1-4-26(2)20(29)17-11-31-21(25-17)27(13-6-8-15(23)18(10-13)30-3)19(28)14-7-5-12(22)9-16(14)24/h5-11H,4H2,1-3H3. The number of ether oxygens (including phenoxy) is 1. The fourth-order valence-electron chi connectivity index (χ4n) is 2.69. The predicted molar refractivity (Wildman–Crippen MR) is 126 cm³/mol. The number of anilines is 2. The van der Waals surface area contributed by atoms with Gasteiger partial charge >= 0.3 is 0 Å². The van der Waals surface area contributed by atoms with Crippen LogP contribution in [0.25, 0.3) is 0 Å². The van der Waals surface area contributed by atoms with E-state index >= 15 is 0 Å². The second-order valence-corrected chi connectivity index (χ2v) is 8.51. The number of rotatable bonds is 6. The third-order valence-electron chi connectivity index (χ3n) is 4.48. The molecule has 6 nitrogen and oxygen atoms in total. The highest BCUT2D eigenvalue weighted by Gasteiger charge is 2.27. The van der Waals surface area contributed by atoms with Gasteiger partial charge in [-0.1, -0.05) is 34.8 Å². The smallest absolute Gasteiger partial charge is 0.273 e. The van der Waals surface area contributed by atoms with Crippen molar-refractivity contribution in [2.24, 2.45) is 0 Å². The van der Waals surface area contributed by atoms with Gasteiger partial charge in [0.2, 0.25) is 0 Å². The number of amides is 2. The zero-order valence-electron chi connectivity index (χ0n) is 16.9. The van der Waals surface area contributed by atoms with Gasteiger partial charge in [-0.3, -0.25) is 14.5 Å². The third kappa shape index (κ3) is 4.96. The van der Waals surface area contributed by atoms with Crippen LogP contribution in [0.4, 0.5) is 10.8 Å². The van der Waals surface area contributed by atoms with E-state index in [0.717, 1.165) is 11.3 Å². The topological polar surface area (TPSA) is 62.7 Å². The quantitative estimate of drug-likeness (QED) is 0.407. The van der Waals surface area contributed by atoms with E-state index in [1.165, 1.54) is 29.0 Å². The maximum atomic E-state index is 13.5. The van der Waals surface area contributed by atoms with Crippen molar-refractivity contribution in [3.05, 3.63) is 68.1 Å². The summed E-state index contributed by atoms with van der Waals surface area (Å²) in [6, 6.07) is 9.50. The van der Waals surface area contributed by atoms with Crippen LogP contribution in [0.15, 0.2) is 41.8 Å². The van der Waals surface area contributed by atoms with Gasteiger partial charge in [0.05, 0.1) is 28.4 Å². The number of methoxy groups -OCH3 is 1. The first-order chi connectivity index (χ1) is 14.8. The Kier molecular flexibility index (Phi) is 7.43. The molecular formula is C21H18Cl3N3O3S. The second kappa shape index (κ2) is 9.87. The van der Waals surface area contributed by atoms with E-state index in [0.29, 0.717) is 33.2 Å². The van der Waals surface area contributed by atoms with Crippen LogP contribution >= 0.6 is 46.1 Å². The molecule has 0 atom stereocenters. The highest BCUT2D eigenvalue weighted by atomic mass is 35.5. The summed E-state index contributed by atoms with van der Waals surface area (Å²) < 4.78 is 5.29. The Bertz CT molecular complexity index is 1140. The lowest BCUT2D eigenvalue weighted by atomic mass is 10.2. The van der Waals surface area contributed by atoms with Crippen LogP contribution in [0, 0.1) is 0 Å². The van der Waals surface area contributed by atoms with Crippen LogP contribution in [0.2, 0.25) is 15.1 Å². The average molecular weight is 499 g/mol. The van der Waals surface area contributed by atoms with Gasteiger partial charge in [-0.05, 0) is 37.3 Å². The highest BCUT2D eigenvalue weighted by Crippen LogP contribution is 2.36. The lowest BCUT2D eigenvalue weighted by Crippen LogP contribution is -2.28. The normalized spacial score (nSPS) is 10.6. The molecule has 1 aromatic heterocycles. The monoisotopic (exact) mass is 497 g/mol. The van der Waals surface area contributed by atoms with E-state index in [2.05, 4.69) is 4.98 Å². The van der Waals surface area contributed by atoms with Gasteiger partial charge in [-0.15, -0.1) is 11.3 Å². The Morgan fingerprint density at radius 1 is 1.06 bits per heavy atom. The molecule has 10 heteroatoms. The molecule has 2 aromatic carbocycles. The molecule has 2 amide bonds. The van der Waals surface area contributed by atoms with Crippen molar-refractivity contribution in [1.29, 1.82) is 0 Å². The van der Waals surface area contributed by atoms with Gasteiger partial charge in [0.25, 0.3) is 11.8 Å². The molecule has 0 spiro atoms. The number of thiazole rings is 1. The van der Waals surface area contributed by atoms with Crippen LogP contribution in [0.3, 0.4) is 0 Å². The van der Waals surface area contributed by atoms with Crippen molar-refractivity contribution in [3.63, 3.8) is 0 Å². The highest BCUT2D eigenvalue weighted by molar-refractivity contribution is 7.14. The van der Waals surface area contributed by atoms with Crippen LogP contribution < -0.4 is 9.64 Å². The van der Waals surface area contributed by atoms with Crippen molar-refractivity contribution >= 4 is 68.8 Å². The zero-order valence-corrected chi connectivity index (χ0v) is 19.9. The molecule has 0 fully saturated rings. The average Bonchev–Trinajstić information content (AvgIpc) is 3.23. The molecule has 0 aliphatic carbocycles. The summed E-state index contributed by atoms with van der Waals surface area (Å²) in [5.74, 6) is -0.295. The SMILES string of the molecule is CCN(C)C(=O)c1csc(N(C(=O)c2ccc(Cl)cc2Cl)c2ccc(Cl)c(OC)c2)n1. The minimum Gasteiger partial charge on any atom is -0.495 e. The summed E-state index contributed by atoms with van der Waals surface area (Å²) in [7, 11) is 3.16. The number of carbonyl (C=O) groups is 2. The second-order valence-electron chi connectivity index (χ2n) is 6.42. The summed E-state index contributed by atoms with van der Waals surface area (Å²) in [6.45, 7) is 2.40. The summed E-state index contributed by atoms with van der Waals surface area (Å²) in [6.07, 6.45) is 0. The molecule has 3 aromatic rings. The van der Waals surface area contributed by atoms with Crippen LogP contribution in [-0.4, -0.2) is 42.4 Å². The molecular weight excluding hydrogens is 481 g/mol. The van der Waals surface area contributed by atoms with Crippen LogP contribution in [-0.2, 0) is 0 Å². The van der Waals surface area contributed by atoms with Crippen LogP contribution in [0.5, 0.6) is 5.75 Å². The molecule has 3 rings (SSSR count). The Labute approximate surface area is 198 Å². The summed E-state index contributed by atoms with van der Waals surface area (Å²) >= 11 is 19.6. The number of nitrogens with zero attached hydrogens (tertiary/aromatic N) is 3. The molecule has 0 N–H and O–H groups in total. The van der Waals surface area contributed by atoms with Crippen molar-refractivity contribution in [2.75, 3.05) is 25.6 Å². The molecule has 0 saturated heterocycles. The molecule has 0 radical (unpaired) electrons. The minimum absolute atomic E-state index is 0.196. The minimum atomic E-state index is -0.441. The first-order valence-corrected chi connectivity index (χ1v) is 11.1. The van der Waals surface area contributed by atoms with Gasteiger partial charge in [-0.2, -0.15) is 0 Å². The third-order valence-corrected chi connectivity index (χ3v) is 6.17. The Balaban J connectivity index is 2.12. The predicted octanol–water partition coefficient (Wildman–Crippen LogP) is 6.18. The maximum Gasteiger partial charge on any atom is 0.273 e. The first-order valence-electron chi connectivity index (χ1n) is 9.10.